The number of ether oxygens (including phenoxy) is 2. The fourth-order valence-corrected chi connectivity index (χ4v) is 2.75. The van der Waals surface area contributed by atoms with Gasteiger partial charge in [-0.05, 0) is 13.0 Å². The van der Waals surface area contributed by atoms with Crippen molar-refractivity contribution in [3.05, 3.63) is 18.1 Å². The molecule has 0 unspecified atom stereocenters. The highest BCUT2D eigenvalue weighted by Gasteiger charge is 2.38. The molecule has 0 bridgehead atoms. The molecule has 1 saturated heterocycles. The molecule has 136 valence electrons. The van der Waals surface area contributed by atoms with E-state index in [-0.39, 0.29) is 11.6 Å². The van der Waals surface area contributed by atoms with Gasteiger partial charge in [-0.15, -0.1) is 0 Å². The smallest absolute Gasteiger partial charge is 0.169 e. The lowest BCUT2D eigenvalue weighted by atomic mass is 9.41. The van der Waals surface area contributed by atoms with Gasteiger partial charge in [0, 0.05) is 56.1 Å². The molecule has 1 fully saturated rings. The van der Waals surface area contributed by atoms with Crippen molar-refractivity contribution in [2.24, 2.45) is 0 Å². The molecule has 0 aliphatic carbocycles. The maximum Gasteiger partial charge on any atom is 0.169 e. The molecule has 0 spiro atoms. The molecule has 28 heavy (non-hydrogen) atoms. The maximum atomic E-state index is 14.6. The Morgan fingerprint density at radius 3 is 2.36 bits per heavy atom. The van der Waals surface area contributed by atoms with Crippen LogP contribution in [-0.4, -0.2) is 120 Å². The van der Waals surface area contributed by atoms with E-state index in [0.29, 0.717) is 13.1 Å². The molecule has 1 aromatic rings. The summed E-state index contributed by atoms with van der Waals surface area (Å²) < 4.78 is 24.7. The standard InChI is InChI=1S/C15H19B6FN4O2/c1-23-2-3-25-4-6-26(7-5-25)12-11(22)8-10(9-24-12)27-14(18,19)15(20,21)28-13(16)17/h8-9,13,23H,2-7H2,1H3. The number of rotatable bonds is 9. The summed E-state index contributed by atoms with van der Waals surface area (Å²) in [6.45, 7) is 4.79. The monoisotopic (exact) mass is 372 g/mol. The van der Waals surface area contributed by atoms with Gasteiger partial charge in [-0.25, -0.2) is 9.37 Å². The van der Waals surface area contributed by atoms with Crippen LogP contribution in [-0.2, 0) is 4.74 Å². The Kier molecular flexibility index (Phi) is 7.99. The number of hydrogen-bond acceptors (Lipinski definition) is 6. The number of anilines is 1. The first-order valence-corrected chi connectivity index (χ1v) is 8.86. The van der Waals surface area contributed by atoms with Crippen LogP contribution in [0.4, 0.5) is 10.2 Å². The Hall–Kier alpha value is -1.05. The first kappa shape index (κ1) is 23.2. The Bertz CT molecular complexity index is 647. The molecule has 6 nitrogen and oxygen atoms in total. The fraction of sp³-hybridized carbons (Fsp3) is 0.667. The molecule has 13 heteroatoms. The van der Waals surface area contributed by atoms with Gasteiger partial charge >= 0.3 is 0 Å². The van der Waals surface area contributed by atoms with Crippen molar-refractivity contribution in [1.82, 2.24) is 15.2 Å². The van der Waals surface area contributed by atoms with E-state index in [1.807, 2.05) is 11.9 Å². The van der Waals surface area contributed by atoms with E-state index in [2.05, 4.69) is 15.2 Å². The van der Waals surface area contributed by atoms with Crippen LogP contribution in [0.25, 0.3) is 0 Å². The maximum absolute atomic E-state index is 14.6. The van der Waals surface area contributed by atoms with Crippen LogP contribution in [0, 0.1) is 5.82 Å². The Morgan fingerprint density at radius 1 is 1.18 bits per heavy atom. The zero-order chi connectivity index (χ0) is 20.9. The second kappa shape index (κ2) is 9.63. The lowest BCUT2D eigenvalue weighted by molar-refractivity contribution is 0.0166. The van der Waals surface area contributed by atoms with Crippen LogP contribution in [0.15, 0.2) is 12.3 Å². The highest BCUT2D eigenvalue weighted by molar-refractivity contribution is 6.53. The summed E-state index contributed by atoms with van der Waals surface area (Å²) in [7, 11) is 35.3. The van der Waals surface area contributed by atoms with Crippen LogP contribution >= 0.6 is 0 Å². The number of hydrogen-bond donors (Lipinski definition) is 1. The van der Waals surface area contributed by atoms with Gasteiger partial charge in [-0.3, -0.25) is 4.90 Å². The van der Waals surface area contributed by atoms with Gasteiger partial charge in [0.25, 0.3) is 0 Å². The molecule has 1 N–H and O–H groups in total. The molecule has 2 rings (SSSR count). The van der Waals surface area contributed by atoms with Crippen molar-refractivity contribution < 1.29 is 13.9 Å². The quantitative estimate of drug-likeness (QED) is 0.487. The largest absolute Gasteiger partial charge is 0.504 e. The summed E-state index contributed by atoms with van der Waals surface area (Å²) >= 11 is 0. The van der Waals surface area contributed by atoms with Gasteiger partial charge in [0.15, 0.2) is 11.6 Å². The van der Waals surface area contributed by atoms with E-state index in [4.69, 9.17) is 56.6 Å². The minimum atomic E-state index is -2.25. The lowest BCUT2D eigenvalue weighted by Gasteiger charge is -2.45. The average Bonchev–Trinajstić information content (AvgIpc) is 2.59. The molecule has 2 heterocycles. The summed E-state index contributed by atoms with van der Waals surface area (Å²) in [4.78, 5) is 8.28. The van der Waals surface area contributed by atoms with Crippen LogP contribution in [0.3, 0.4) is 0 Å². The summed E-state index contributed by atoms with van der Waals surface area (Å²) in [5, 5.41) is -1.38. The van der Waals surface area contributed by atoms with E-state index < -0.39 is 22.5 Å². The molecule has 1 aliphatic rings. The summed E-state index contributed by atoms with van der Waals surface area (Å²) in [6, 6.07) is 1.10. The molecule has 1 aliphatic heterocycles. The number of halogens is 1. The van der Waals surface area contributed by atoms with Crippen molar-refractivity contribution in [1.29, 1.82) is 0 Å². The van der Waals surface area contributed by atoms with Crippen LogP contribution in [0.5, 0.6) is 5.75 Å². The number of likely N-dealkylation sites (N-methyl/N-ethyl adjacent to an activating group) is 1. The van der Waals surface area contributed by atoms with E-state index in [1.165, 1.54) is 6.20 Å². The van der Waals surface area contributed by atoms with E-state index in [0.717, 1.165) is 32.2 Å². The van der Waals surface area contributed by atoms with Crippen LogP contribution in [0.1, 0.15) is 0 Å². The third-order valence-corrected chi connectivity index (χ3v) is 4.38. The van der Waals surface area contributed by atoms with Crippen LogP contribution < -0.4 is 15.0 Å². The topological polar surface area (TPSA) is 49.9 Å². The molecule has 12 radical (unpaired) electrons. The first-order valence-electron chi connectivity index (χ1n) is 8.86. The van der Waals surface area contributed by atoms with Gasteiger partial charge in [-0.2, -0.15) is 0 Å². The molecule has 0 saturated carbocycles. The van der Waals surface area contributed by atoms with Gasteiger partial charge in [0.05, 0.1) is 21.9 Å². The lowest BCUT2D eigenvalue weighted by Crippen LogP contribution is -2.63. The van der Waals surface area contributed by atoms with Gasteiger partial charge < -0.3 is 19.7 Å². The zero-order valence-electron chi connectivity index (χ0n) is 16.0. The second-order valence-corrected chi connectivity index (χ2v) is 6.68. The van der Waals surface area contributed by atoms with E-state index in [9.17, 15) is 4.39 Å². The Labute approximate surface area is 174 Å². The minimum absolute atomic E-state index is 0.0756. The molecular formula is C15H19B6FN4O2. The normalized spacial score (nSPS) is 16.5. The Balaban J connectivity index is 2.02. The van der Waals surface area contributed by atoms with Crippen molar-refractivity contribution in [2.45, 2.75) is 16.7 Å². The number of nitrogens with one attached hydrogen (secondary N) is 1. The molecule has 0 atom stereocenters. The summed E-state index contributed by atoms with van der Waals surface area (Å²) in [6.07, 6.45) is 1.28. The zero-order valence-corrected chi connectivity index (χ0v) is 16.0. The molecule has 0 aromatic carbocycles. The number of aromatic nitrogens is 1. The van der Waals surface area contributed by atoms with Crippen molar-refractivity contribution in [3.63, 3.8) is 0 Å². The molecule has 0 amide bonds. The SMILES string of the molecule is [B]C([B])OC([B])([B])C([B])([B])Oc1cnc(N2CCN(CCNC)CC2)c(F)c1. The van der Waals surface area contributed by atoms with Gasteiger partial charge in [0.2, 0.25) is 0 Å². The van der Waals surface area contributed by atoms with Crippen LogP contribution in [0.2, 0.25) is 0 Å². The van der Waals surface area contributed by atoms with E-state index in [1.54, 1.807) is 0 Å². The third kappa shape index (κ3) is 5.97. The van der Waals surface area contributed by atoms with Crippen molar-refractivity contribution >= 4 is 52.9 Å². The molecule has 1 aromatic heterocycles. The van der Waals surface area contributed by atoms with Gasteiger partial charge in [-0.1, -0.05) is 0 Å². The average molecular weight is 371 g/mol. The van der Waals surface area contributed by atoms with Gasteiger partial charge in [0.1, 0.15) is 37.1 Å². The number of pyridine rings is 1. The second-order valence-electron chi connectivity index (χ2n) is 6.68. The van der Waals surface area contributed by atoms with Crippen molar-refractivity contribution in [3.8, 4) is 5.75 Å². The number of nitrogens with zero attached hydrogens (tertiary/aromatic N) is 3. The molecular weight excluding hydrogens is 352 g/mol. The third-order valence-electron chi connectivity index (χ3n) is 4.38. The predicted molar refractivity (Wildman–Crippen MR) is 112 cm³/mol. The number of piperazine rings is 1. The van der Waals surface area contributed by atoms with Crippen molar-refractivity contribution in [2.75, 3.05) is 51.2 Å². The summed E-state index contributed by atoms with van der Waals surface area (Å²) in [5.41, 5.74) is 0. The predicted octanol–water partition coefficient (Wildman–Crippen LogP) is -2.44. The highest BCUT2D eigenvalue weighted by Crippen LogP contribution is 2.27. The summed E-state index contributed by atoms with van der Waals surface area (Å²) in [5.74, 6) is -1.79. The first-order chi connectivity index (χ1) is 13.1. The minimum Gasteiger partial charge on any atom is -0.504 e. The van der Waals surface area contributed by atoms with E-state index >= 15 is 0 Å². The Morgan fingerprint density at radius 2 is 1.82 bits per heavy atom. The highest BCUT2D eigenvalue weighted by atomic mass is 19.1. The fourth-order valence-electron chi connectivity index (χ4n) is 2.75.